The third-order valence-electron chi connectivity index (χ3n) is 3.31. The fourth-order valence-corrected chi connectivity index (χ4v) is 3.29. The van der Waals surface area contributed by atoms with Gasteiger partial charge in [-0.25, -0.2) is 4.98 Å². The van der Waals surface area contributed by atoms with Gasteiger partial charge in [-0.2, -0.15) is 0 Å². The lowest BCUT2D eigenvalue weighted by molar-refractivity contribution is -0.116. The van der Waals surface area contributed by atoms with Crippen LogP contribution in [0.2, 0.25) is 0 Å². The van der Waals surface area contributed by atoms with E-state index in [0.29, 0.717) is 13.0 Å². The Bertz CT molecular complexity index is 643. The molecule has 6 nitrogen and oxygen atoms in total. The molecule has 0 saturated carbocycles. The zero-order valence-electron chi connectivity index (χ0n) is 12.1. The van der Waals surface area contributed by atoms with E-state index in [1.807, 2.05) is 18.2 Å². The number of morpholine rings is 1. The molecule has 1 saturated heterocycles. The summed E-state index contributed by atoms with van der Waals surface area (Å²) in [5, 5.41) is 3.86. The number of nitrogens with one attached hydrogen (secondary N) is 1. The van der Waals surface area contributed by atoms with Crippen molar-refractivity contribution in [2.45, 2.75) is 6.42 Å². The minimum Gasteiger partial charge on any atom is -0.378 e. The monoisotopic (exact) mass is 342 g/mol. The van der Waals surface area contributed by atoms with E-state index >= 15 is 0 Å². The molecule has 3 N–H and O–H groups in total. The number of nitrogens with zero attached hydrogens (tertiary/aromatic N) is 2. The van der Waals surface area contributed by atoms with E-state index in [-0.39, 0.29) is 18.3 Å². The number of thiazole rings is 1. The molecule has 2 heterocycles. The van der Waals surface area contributed by atoms with Crippen molar-refractivity contribution in [2.24, 2.45) is 5.73 Å². The molecule has 0 unspecified atom stereocenters. The van der Waals surface area contributed by atoms with Crippen LogP contribution < -0.4 is 16.0 Å². The Balaban J connectivity index is 0.00000176. The maximum atomic E-state index is 11.6. The van der Waals surface area contributed by atoms with Crippen LogP contribution in [0, 0.1) is 0 Å². The number of amides is 1. The van der Waals surface area contributed by atoms with Gasteiger partial charge in [-0.1, -0.05) is 11.3 Å². The van der Waals surface area contributed by atoms with Gasteiger partial charge in [-0.15, -0.1) is 12.4 Å². The molecular weight excluding hydrogens is 324 g/mol. The number of hydrogen-bond donors (Lipinski definition) is 2. The molecule has 120 valence electrons. The van der Waals surface area contributed by atoms with Crippen molar-refractivity contribution in [3.8, 4) is 0 Å². The van der Waals surface area contributed by atoms with Gasteiger partial charge in [0.05, 0.1) is 23.4 Å². The first-order valence-electron chi connectivity index (χ1n) is 6.99. The van der Waals surface area contributed by atoms with E-state index in [2.05, 4.69) is 15.2 Å². The van der Waals surface area contributed by atoms with Crippen LogP contribution in [0.5, 0.6) is 0 Å². The number of rotatable bonds is 4. The standard InChI is InChI=1S/C14H18N4O2S.ClH/c15-4-3-13(19)16-10-1-2-11-12(9-10)21-14(17-11)18-5-7-20-8-6-18;/h1-2,9H,3-8,15H2,(H,16,19);1H. The van der Waals surface area contributed by atoms with Crippen molar-refractivity contribution in [1.29, 1.82) is 0 Å². The van der Waals surface area contributed by atoms with Crippen LogP contribution in [-0.2, 0) is 9.53 Å². The van der Waals surface area contributed by atoms with Crippen molar-refractivity contribution >= 4 is 50.7 Å². The Morgan fingerprint density at radius 3 is 2.91 bits per heavy atom. The van der Waals surface area contributed by atoms with Gasteiger partial charge in [-0.3, -0.25) is 4.79 Å². The first-order chi connectivity index (χ1) is 10.3. The summed E-state index contributed by atoms with van der Waals surface area (Å²) in [7, 11) is 0. The fraction of sp³-hybridized carbons (Fsp3) is 0.429. The first-order valence-corrected chi connectivity index (χ1v) is 7.81. The minimum absolute atomic E-state index is 0. The number of halogens is 1. The average Bonchev–Trinajstić information content (AvgIpc) is 2.91. The molecule has 1 amide bonds. The van der Waals surface area contributed by atoms with Gasteiger partial charge in [0.2, 0.25) is 5.91 Å². The second-order valence-electron chi connectivity index (χ2n) is 4.87. The quantitative estimate of drug-likeness (QED) is 0.886. The van der Waals surface area contributed by atoms with E-state index in [1.165, 1.54) is 0 Å². The van der Waals surface area contributed by atoms with Crippen molar-refractivity contribution in [3.63, 3.8) is 0 Å². The molecule has 1 aromatic heterocycles. The van der Waals surface area contributed by atoms with E-state index in [0.717, 1.165) is 47.3 Å². The normalized spacial score (nSPS) is 14.7. The molecule has 22 heavy (non-hydrogen) atoms. The van der Waals surface area contributed by atoms with E-state index in [1.54, 1.807) is 11.3 Å². The van der Waals surface area contributed by atoms with Gasteiger partial charge in [0.25, 0.3) is 0 Å². The van der Waals surface area contributed by atoms with Crippen LogP contribution in [0.25, 0.3) is 10.2 Å². The number of fused-ring (bicyclic) bond motifs is 1. The Kier molecular flexibility index (Phi) is 5.96. The molecule has 0 atom stereocenters. The Labute approximate surface area is 139 Å². The van der Waals surface area contributed by atoms with Gasteiger partial charge in [-0.05, 0) is 18.2 Å². The summed E-state index contributed by atoms with van der Waals surface area (Å²) in [5.41, 5.74) is 7.12. The summed E-state index contributed by atoms with van der Waals surface area (Å²) in [6.45, 7) is 3.60. The maximum Gasteiger partial charge on any atom is 0.225 e. The number of carbonyl (C=O) groups is 1. The van der Waals surface area contributed by atoms with E-state index < -0.39 is 0 Å². The summed E-state index contributed by atoms with van der Waals surface area (Å²) in [5.74, 6) is -0.0604. The van der Waals surface area contributed by atoms with Crippen molar-refractivity contribution < 1.29 is 9.53 Å². The molecule has 1 aromatic carbocycles. The topological polar surface area (TPSA) is 80.5 Å². The highest BCUT2D eigenvalue weighted by Gasteiger charge is 2.15. The Hall–Kier alpha value is -1.41. The number of benzene rings is 1. The van der Waals surface area contributed by atoms with Crippen LogP contribution in [0.3, 0.4) is 0 Å². The summed E-state index contributed by atoms with van der Waals surface area (Å²) in [4.78, 5) is 18.5. The molecule has 0 radical (unpaired) electrons. The summed E-state index contributed by atoms with van der Waals surface area (Å²) >= 11 is 1.64. The summed E-state index contributed by atoms with van der Waals surface area (Å²) in [6, 6.07) is 5.78. The van der Waals surface area contributed by atoms with Crippen molar-refractivity contribution in [1.82, 2.24) is 4.98 Å². The van der Waals surface area contributed by atoms with Gasteiger partial charge in [0, 0.05) is 31.7 Å². The summed E-state index contributed by atoms with van der Waals surface area (Å²) in [6.07, 6.45) is 0.333. The van der Waals surface area contributed by atoms with Crippen molar-refractivity contribution in [2.75, 3.05) is 43.1 Å². The number of nitrogens with two attached hydrogens (primary N) is 1. The number of carbonyl (C=O) groups excluding carboxylic acids is 1. The molecule has 1 aliphatic heterocycles. The van der Waals surface area contributed by atoms with Crippen LogP contribution >= 0.6 is 23.7 Å². The number of anilines is 2. The smallest absolute Gasteiger partial charge is 0.225 e. The third-order valence-corrected chi connectivity index (χ3v) is 4.39. The highest BCUT2D eigenvalue weighted by Crippen LogP contribution is 2.31. The largest absolute Gasteiger partial charge is 0.378 e. The minimum atomic E-state index is -0.0604. The van der Waals surface area contributed by atoms with E-state index in [4.69, 9.17) is 10.5 Å². The second kappa shape index (κ2) is 7.73. The molecule has 2 aromatic rings. The molecule has 8 heteroatoms. The molecule has 0 aliphatic carbocycles. The first kappa shape index (κ1) is 17.0. The maximum absolute atomic E-state index is 11.6. The molecule has 1 aliphatic rings. The lowest BCUT2D eigenvalue weighted by Gasteiger charge is -2.25. The highest BCUT2D eigenvalue weighted by atomic mass is 35.5. The lowest BCUT2D eigenvalue weighted by atomic mass is 10.3. The number of hydrogen-bond acceptors (Lipinski definition) is 6. The van der Waals surface area contributed by atoms with Crippen LogP contribution in [-0.4, -0.2) is 43.7 Å². The fourth-order valence-electron chi connectivity index (χ4n) is 2.23. The Morgan fingerprint density at radius 2 is 2.18 bits per heavy atom. The number of ether oxygens (including phenoxy) is 1. The molecule has 1 fully saturated rings. The lowest BCUT2D eigenvalue weighted by Crippen LogP contribution is -2.36. The molecule has 0 bridgehead atoms. The summed E-state index contributed by atoms with van der Waals surface area (Å²) < 4.78 is 6.43. The predicted octanol–water partition coefficient (Wildman–Crippen LogP) is 1.84. The molecular formula is C14H19ClN4O2S. The predicted molar refractivity (Wildman–Crippen MR) is 92.2 cm³/mol. The Morgan fingerprint density at radius 1 is 1.41 bits per heavy atom. The van der Waals surface area contributed by atoms with Gasteiger partial charge in [0.1, 0.15) is 0 Å². The number of aromatic nitrogens is 1. The highest BCUT2D eigenvalue weighted by molar-refractivity contribution is 7.22. The van der Waals surface area contributed by atoms with Crippen LogP contribution in [0.15, 0.2) is 18.2 Å². The van der Waals surface area contributed by atoms with Gasteiger partial charge >= 0.3 is 0 Å². The van der Waals surface area contributed by atoms with Gasteiger partial charge in [0.15, 0.2) is 5.13 Å². The molecule has 3 rings (SSSR count). The van der Waals surface area contributed by atoms with Crippen LogP contribution in [0.4, 0.5) is 10.8 Å². The second-order valence-corrected chi connectivity index (χ2v) is 5.87. The zero-order valence-corrected chi connectivity index (χ0v) is 13.7. The zero-order chi connectivity index (χ0) is 14.7. The SMILES string of the molecule is Cl.NCCC(=O)Nc1ccc2nc(N3CCOCC3)sc2c1. The van der Waals surface area contributed by atoms with Gasteiger partial charge < -0.3 is 20.7 Å². The average molecular weight is 343 g/mol. The molecule has 0 spiro atoms. The van der Waals surface area contributed by atoms with Crippen LogP contribution in [0.1, 0.15) is 6.42 Å². The van der Waals surface area contributed by atoms with E-state index in [9.17, 15) is 4.79 Å². The third kappa shape index (κ3) is 3.86. The van der Waals surface area contributed by atoms with Crippen molar-refractivity contribution in [3.05, 3.63) is 18.2 Å².